The number of fused-ring (bicyclic) bond motifs is 1. The van der Waals surface area contributed by atoms with E-state index in [1.165, 1.54) is 5.56 Å². The second-order valence-corrected chi connectivity index (χ2v) is 6.93. The maximum absolute atomic E-state index is 4.89. The van der Waals surface area contributed by atoms with Crippen LogP contribution in [0.25, 0.3) is 16.9 Å². The molecule has 0 bridgehead atoms. The molecule has 1 fully saturated rings. The summed E-state index contributed by atoms with van der Waals surface area (Å²) in [6, 6.07) is 6.54. The monoisotopic (exact) mass is 336 g/mol. The Balaban J connectivity index is 1.81. The second kappa shape index (κ2) is 6.80. The van der Waals surface area contributed by atoms with Crippen LogP contribution in [0.2, 0.25) is 0 Å². The fraction of sp³-hybridized carbons (Fsp3) is 0.421. The summed E-state index contributed by atoms with van der Waals surface area (Å²) in [5, 5.41) is 11.7. The average molecular weight is 336 g/mol. The van der Waals surface area contributed by atoms with E-state index >= 15 is 0 Å². The zero-order chi connectivity index (χ0) is 17.2. The minimum atomic E-state index is 0.376. The number of anilines is 1. The van der Waals surface area contributed by atoms with Gasteiger partial charge >= 0.3 is 0 Å². The van der Waals surface area contributed by atoms with Gasteiger partial charge in [-0.25, -0.2) is 4.98 Å². The molecule has 25 heavy (non-hydrogen) atoms. The molecule has 0 radical (unpaired) electrons. The zero-order valence-corrected chi connectivity index (χ0v) is 14.7. The molecule has 130 valence electrons. The summed E-state index contributed by atoms with van der Waals surface area (Å²) in [5.74, 6) is 1.38. The van der Waals surface area contributed by atoms with Crippen LogP contribution in [0.4, 0.5) is 5.82 Å². The summed E-state index contributed by atoms with van der Waals surface area (Å²) in [4.78, 5) is 9.13. The zero-order valence-electron chi connectivity index (χ0n) is 14.7. The van der Waals surface area contributed by atoms with Crippen LogP contribution in [-0.4, -0.2) is 38.7 Å². The Labute approximate surface area is 147 Å². The number of hydrogen-bond acceptors (Lipinski definition) is 5. The first-order chi connectivity index (χ1) is 12.2. The Bertz CT molecular complexity index is 849. The van der Waals surface area contributed by atoms with Crippen LogP contribution in [0, 0.1) is 0 Å². The van der Waals surface area contributed by atoms with Gasteiger partial charge in [-0.15, -0.1) is 0 Å². The van der Waals surface area contributed by atoms with E-state index in [1.54, 1.807) is 6.20 Å². The molecular formula is C19H24N6. The predicted molar refractivity (Wildman–Crippen MR) is 99.8 cm³/mol. The van der Waals surface area contributed by atoms with Gasteiger partial charge in [-0.1, -0.05) is 13.8 Å². The third-order valence-electron chi connectivity index (χ3n) is 4.77. The molecule has 0 aromatic carbocycles. The molecule has 0 spiro atoms. The summed E-state index contributed by atoms with van der Waals surface area (Å²) in [6.07, 6.45) is 7.81. The largest absolute Gasteiger partial charge is 0.367 e. The van der Waals surface area contributed by atoms with Crippen LogP contribution in [0.1, 0.15) is 38.2 Å². The van der Waals surface area contributed by atoms with E-state index in [4.69, 9.17) is 4.98 Å². The standard InChI is InChI=1S/C19H24N6/c1-13(2)16-12-22-25-18(23-15-5-8-20-9-6-15)10-17(24-19(16)25)14-4-3-7-21-11-14/h3-4,7,10-13,15,20,23H,5-6,8-9H2,1-2H3. The van der Waals surface area contributed by atoms with Crippen molar-refractivity contribution in [2.75, 3.05) is 18.4 Å². The number of rotatable bonds is 4. The van der Waals surface area contributed by atoms with E-state index in [0.29, 0.717) is 12.0 Å². The molecule has 0 amide bonds. The van der Waals surface area contributed by atoms with Gasteiger partial charge in [0.05, 0.1) is 11.9 Å². The van der Waals surface area contributed by atoms with E-state index in [0.717, 1.165) is 48.7 Å². The van der Waals surface area contributed by atoms with Crippen molar-refractivity contribution < 1.29 is 0 Å². The predicted octanol–water partition coefficient (Wildman–Crippen LogP) is 3.08. The van der Waals surface area contributed by atoms with E-state index in [2.05, 4.69) is 40.6 Å². The van der Waals surface area contributed by atoms with Crippen molar-refractivity contribution in [1.29, 1.82) is 0 Å². The highest BCUT2D eigenvalue weighted by atomic mass is 15.3. The maximum atomic E-state index is 4.89. The van der Waals surface area contributed by atoms with Gasteiger partial charge in [-0.2, -0.15) is 9.61 Å². The lowest BCUT2D eigenvalue weighted by atomic mass is 10.1. The van der Waals surface area contributed by atoms with Crippen molar-refractivity contribution in [2.24, 2.45) is 0 Å². The summed E-state index contributed by atoms with van der Waals surface area (Å²) in [5.41, 5.74) is 4.04. The van der Waals surface area contributed by atoms with Gasteiger partial charge in [0.1, 0.15) is 5.82 Å². The minimum Gasteiger partial charge on any atom is -0.367 e. The highest BCUT2D eigenvalue weighted by Gasteiger charge is 2.18. The summed E-state index contributed by atoms with van der Waals surface area (Å²) >= 11 is 0. The summed E-state index contributed by atoms with van der Waals surface area (Å²) < 4.78 is 1.94. The van der Waals surface area contributed by atoms with Crippen LogP contribution in [0.15, 0.2) is 36.8 Å². The number of nitrogens with zero attached hydrogens (tertiary/aromatic N) is 4. The van der Waals surface area contributed by atoms with Gasteiger partial charge in [0.25, 0.3) is 0 Å². The first-order valence-corrected chi connectivity index (χ1v) is 8.98. The fourth-order valence-corrected chi connectivity index (χ4v) is 3.33. The molecule has 1 aliphatic heterocycles. The van der Waals surface area contributed by atoms with Gasteiger partial charge in [0.2, 0.25) is 0 Å². The molecule has 1 aliphatic rings. The lowest BCUT2D eigenvalue weighted by Crippen LogP contribution is -2.35. The lowest BCUT2D eigenvalue weighted by Gasteiger charge is -2.25. The van der Waals surface area contributed by atoms with Crippen molar-refractivity contribution in [3.63, 3.8) is 0 Å². The molecule has 6 nitrogen and oxygen atoms in total. The molecule has 1 saturated heterocycles. The van der Waals surface area contributed by atoms with Crippen molar-refractivity contribution in [3.05, 3.63) is 42.4 Å². The quantitative estimate of drug-likeness (QED) is 0.766. The molecule has 0 saturated carbocycles. The Morgan fingerprint density at radius 3 is 2.80 bits per heavy atom. The van der Waals surface area contributed by atoms with Crippen molar-refractivity contribution in [3.8, 4) is 11.3 Å². The third kappa shape index (κ3) is 3.22. The Kier molecular flexibility index (Phi) is 4.36. The normalized spacial score (nSPS) is 15.8. The van der Waals surface area contributed by atoms with Gasteiger partial charge in [0.15, 0.2) is 5.65 Å². The van der Waals surface area contributed by atoms with Gasteiger partial charge in [0, 0.05) is 35.6 Å². The minimum absolute atomic E-state index is 0.376. The number of pyridine rings is 1. The average Bonchev–Trinajstić information content (AvgIpc) is 3.08. The van der Waals surface area contributed by atoms with Crippen LogP contribution < -0.4 is 10.6 Å². The number of hydrogen-bond donors (Lipinski definition) is 2. The lowest BCUT2D eigenvalue weighted by molar-refractivity contribution is 0.477. The van der Waals surface area contributed by atoms with E-state index in [9.17, 15) is 0 Å². The number of nitrogens with one attached hydrogen (secondary N) is 2. The summed E-state index contributed by atoms with van der Waals surface area (Å²) in [6.45, 7) is 6.46. The molecule has 4 heterocycles. The van der Waals surface area contributed by atoms with E-state index in [-0.39, 0.29) is 0 Å². The Morgan fingerprint density at radius 1 is 1.24 bits per heavy atom. The Morgan fingerprint density at radius 2 is 2.08 bits per heavy atom. The van der Waals surface area contributed by atoms with Crippen molar-refractivity contribution >= 4 is 11.5 Å². The van der Waals surface area contributed by atoms with Crippen LogP contribution in [-0.2, 0) is 0 Å². The molecule has 3 aromatic heterocycles. The van der Waals surface area contributed by atoms with Gasteiger partial charge in [-0.3, -0.25) is 4.98 Å². The van der Waals surface area contributed by atoms with E-state index in [1.807, 2.05) is 29.0 Å². The Hall–Kier alpha value is -2.47. The van der Waals surface area contributed by atoms with Crippen molar-refractivity contribution in [1.82, 2.24) is 24.9 Å². The molecule has 0 aliphatic carbocycles. The van der Waals surface area contributed by atoms with Crippen molar-refractivity contribution in [2.45, 2.75) is 38.6 Å². The molecule has 6 heteroatoms. The molecule has 3 aromatic rings. The fourth-order valence-electron chi connectivity index (χ4n) is 3.33. The van der Waals surface area contributed by atoms with Crippen LogP contribution in [0.5, 0.6) is 0 Å². The second-order valence-electron chi connectivity index (χ2n) is 6.93. The van der Waals surface area contributed by atoms with Gasteiger partial charge < -0.3 is 10.6 Å². The molecular weight excluding hydrogens is 312 g/mol. The van der Waals surface area contributed by atoms with Crippen LogP contribution in [0.3, 0.4) is 0 Å². The van der Waals surface area contributed by atoms with E-state index < -0.39 is 0 Å². The first-order valence-electron chi connectivity index (χ1n) is 8.98. The summed E-state index contributed by atoms with van der Waals surface area (Å²) in [7, 11) is 0. The number of piperidine rings is 1. The first kappa shape index (κ1) is 16.0. The van der Waals surface area contributed by atoms with Gasteiger partial charge in [-0.05, 0) is 44.0 Å². The molecule has 2 N–H and O–H groups in total. The number of aromatic nitrogens is 4. The maximum Gasteiger partial charge on any atom is 0.161 e. The SMILES string of the molecule is CC(C)c1cnn2c(NC3CCNCC3)cc(-c3cccnc3)nc12. The highest BCUT2D eigenvalue weighted by molar-refractivity contribution is 5.67. The highest BCUT2D eigenvalue weighted by Crippen LogP contribution is 2.27. The third-order valence-corrected chi connectivity index (χ3v) is 4.77. The van der Waals surface area contributed by atoms with Crippen LogP contribution >= 0.6 is 0 Å². The topological polar surface area (TPSA) is 67.1 Å². The molecule has 0 atom stereocenters. The smallest absolute Gasteiger partial charge is 0.161 e. The molecule has 4 rings (SSSR count). The molecule has 0 unspecified atom stereocenters.